The zero-order valence-electron chi connectivity index (χ0n) is 6.49. The van der Waals surface area contributed by atoms with Gasteiger partial charge in [-0.25, -0.2) is 9.78 Å². The van der Waals surface area contributed by atoms with Crippen molar-refractivity contribution in [1.29, 1.82) is 0 Å². The zero-order chi connectivity index (χ0) is 8.81. The van der Waals surface area contributed by atoms with Crippen LogP contribution in [-0.4, -0.2) is 11.5 Å². The van der Waals surface area contributed by atoms with Crippen LogP contribution in [0.4, 0.5) is 0 Å². The highest BCUT2D eigenvalue weighted by Gasteiger charge is 2.01. The molecule has 61 valence electrons. The van der Waals surface area contributed by atoms with Crippen LogP contribution in [0.2, 0.25) is 0 Å². The molecule has 0 bridgehead atoms. The summed E-state index contributed by atoms with van der Waals surface area (Å²) in [6, 6.07) is 3.60. The molecule has 0 aromatic carbocycles. The molecule has 0 fully saturated rings. The van der Waals surface area contributed by atoms with Gasteiger partial charge in [0.15, 0.2) is 0 Å². The summed E-state index contributed by atoms with van der Waals surface area (Å²) in [6.07, 6.45) is 3.90. The lowest BCUT2D eigenvalue weighted by molar-refractivity contribution is 0.430. The van der Waals surface area contributed by atoms with E-state index >= 15 is 0 Å². The molecule has 1 radical (unpaired) electrons. The molecule has 0 amide bonds. The highest BCUT2D eigenvalue weighted by Crippen LogP contribution is 2.13. The number of nitrogens with zero attached hydrogens (tertiary/aromatic N) is 1. The van der Waals surface area contributed by atoms with E-state index < -0.39 is 0 Å². The molecule has 0 saturated heterocycles. The van der Waals surface area contributed by atoms with Crippen LogP contribution in [0.5, 0.6) is 5.88 Å². The Kier molecular flexibility index (Phi) is 3.02. The quantitative estimate of drug-likeness (QED) is 0.625. The Hall–Kier alpha value is -1.64. The lowest BCUT2D eigenvalue weighted by Crippen LogP contribution is -1.96. The molecule has 0 aliphatic carbocycles. The van der Waals surface area contributed by atoms with Crippen molar-refractivity contribution in [1.82, 2.24) is 4.98 Å². The topological polar surface area (TPSA) is 39.2 Å². The van der Waals surface area contributed by atoms with Crippen LogP contribution in [0, 0.1) is 0 Å². The minimum Gasteiger partial charge on any atom is -0.399 e. The molecule has 0 spiro atoms. The van der Waals surface area contributed by atoms with Gasteiger partial charge < -0.3 is 4.74 Å². The van der Waals surface area contributed by atoms with Crippen molar-refractivity contribution in [3.05, 3.63) is 36.5 Å². The predicted octanol–water partition coefficient (Wildman–Crippen LogP) is 1.26. The van der Waals surface area contributed by atoms with E-state index in [1.165, 1.54) is 6.47 Å². The van der Waals surface area contributed by atoms with E-state index in [1.54, 1.807) is 18.3 Å². The van der Waals surface area contributed by atoms with Crippen molar-refractivity contribution < 1.29 is 9.53 Å². The van der Waals surface area contributed by atoms with Crippen molar-refractivity contribution in [2.45, 2.75) is 6.42 Å². The molecule has 0 unspecified atom stereocenters. The monoisotopic (exact) mass is 162 g/mol. The minimum absolute atomic E-state index is 0.299. The van der Waals surface area contributed by atoms with Crippen LogP contribution in [0.3, 0.4) is 0 Å². The second kappa shape index (κ2) is 4.28. The SMILES string of the molecule is C=CCc1cccnc1O[C]=O. The maximum atomic E-state index is 9.92. The first-order valence-corrected chi connectivity index (χ1v) is 3.47. The molecule has 0 aliphatic rings. The molecule has 1 rings (SSSR count). The molecule has 12 heavy (non-hydrogen) atoms. The summed E-state index contributed by atoms with van der Waals surface area (Å²) in [5.74, 6) is 0.299. The third-order valence-corrected chi connectivity index (χ3v) is 1.35. The molecule has 3 nitrogen and oxygen atoms in total. The fraction of sp³-hybridized carbons (Fsp3) is 0.111. The number of aromatic nitrogens is 1. The molecule has 1 aromatic rings. The Balaban J connectivity index is 2.90. The van der Waals surface area contributed by atoms with E-state index in [0.717, 1.165) is 5.56 Å². The normalized spacial score (nSPS) is 9.00. The van der Waals surface area contributed by atoms with Crippen LogP contribution >= 0.6 is 0 Å². The van der Waals surface area contributed by atoms with Crippen LogP contribution in [0.1, 0.15) is 5.56 Å². The second-order valence-electron chi connectivity index (χ2n) is 2.15. The number of hydrogen-bond acceptors (Lipinski definition) is 3. The number of carbonyl (C=O) groups excluding carboxylic acids is 1. The maximum Gasteiger partial charge on any atom is 0.424 e. The largest absolute Gasteiger partial charge is 0.424 e. The van der Waals surface area contributed by atoms with Gasteiger partial charge in [0.05, 0.1) is 0 Å². The van der Waals surface area contributed by atoms with Gasteiger partial charge in [0.25, 0.3) is 0 Å². The predicted molar refractivity (Wildman–Crippen MR) is 44.5 cm³/mol. The van der Waals surface area contributed by atoms with Crippen molar-refractivity contribution in [2.24, 2.45) is 0 Å². The Morgan fingerprint density at radius 2 is 2.58 bits per heavy atom. The third-order valence-electron chi connectivity index (χ3n) is 1.35. The van der Waals surface area contributed by atoms with Crippen LogP contribution in [0.15, 0.2) is 31.0 Å². The van der Waals surface area contributed by atoms with Crippen LogP contribution in [-0.2, 0) is 11.2 Å². The van der Waals surface area contributed by atoms with Gasteiger partial charge in [0.1, 0.15) is 0 Å². The van der Waals surface area contributed by atoms with E-state index in [2.05, 4.69) is 16.3 Å². The number of ether oxygens (including phenoxy) is 1. The molecule has 1 aromatic heterocycles. The van der Waals surface area contributed by atoms with Crippen molar-refractivity contribution in [3.8, 4) is 5.88 Å². The summed E-state index contributed by atoms with van der Waals surface area (Å²) in [7, 11) is 0. The van der Waals surface area contributed by atoms with E-state index in [9.17, 15) is 4.79 Å². The van der Waals surface area contributed by atoms with Gasteiger partial charge in [-0.1, -0.05) is 12.1 Å². The van der Waals surface area contributed by atoms with Gasteiger partial charge in [0.2, 0.25) is 5.88 Å². The Morgan fingerprint density at radius 3 is 3.25 bits per heavy atom. The summed E-state index contributed by atoms with van der Waals surface area (Å²) in [4.78, 5) is 13.8. The fourth-order valence-electron chi connectivity index (χ4n) is 0.866. The fourth-order valence-corrected chi connectivity index (χ4v) is 0.866. The third kappa shape index (κ3) is 1.92. The molecule has 0 saturated carbocycles. The van der Waals surface area contributed by atoms with Crippen molar-refractivity contribution in [2.75, 3.05) is 0 Å². The van der Waals surface area contributed by atoms with E-state index in [-0.39, 0.29) is 0 Å². The summed E-state index contributed by atoms with van der Waals surface area (Å²) < 4.78 is 4.53. The first kappa shape index (κ1) is 8.46. The molecule has 3 heteroatoms. The molecule has 0 aliphatic heterocycles. The second-order valence-corrected chi connectivity index (χ2v) is 2.15. The summed E-state index contributed by atoms with van der Waals surface area (Å²) >= 11 is 0. The van der Waals surface area contributed by atoms with Crippen molar-refractivity contribution in [3.63, 3.8) is 0 Å². The number of hydrogen-bond donors (Lipinski definition) is 0. The molecular formula is C9H8NO2. The Labute approximate surface area is 70.7 Å². The number of rotatable bonds is 4. The average molecular weight is 162 g/mol. The summed E-state index contributed by atoms with van der Waals surface area (Å²) in [5, 5.41) is 0. The zero-order valence-corrected chi connectivity index (χ0v) is 6.49. The maximum absolute atomic E-state index is 9.92. The number of pyridine rings is 1. The van der Waals surface area contributed by atoms with Gasteiger partial charge in [0, 0.05) is 11.8 Å². The first-order chi connectivity index (χ1) is 5.88. The molecule has 1 heterocycles. The Morgan fingerprint density at radius 1 is 1.75 bits per heavy atom. The van der Waals surface area contributed by atoms with Gasteiger partial charge in [-0.15, -0.1) is 6.58 Å². The summed E-state index contributed by atoms with van der Waals surface area (Å²) in [6.45, 7) is 4.91. The molecular weight excluding hydrogens is 154 g/mol. The first-order valence-electron chi connectivity index (χ1n) is 3.47. The number of allylic oxidation sites excluding steroid dienone is 1. The standard InChI is InChI=1S/C9H8NO2/c1-2-4-8-5-3-6-10-9(8)12-7-11/h2-3,5-6H,1,4H2. The van der Waals surface area contributed by atoms with Gasteiger partial charge >= 0.3 is 6.47 Å². The van der Waals surface area contributed by atoms with Crippen LogP contribution in [0.25, 0.3) is 0 Å². The Bertz CT molecular complexity index is 255. The molecule has 0 N–H and O–H groups in total. The molecule has 0 atom stereocenters. The van der Waals surface area contributed by atoms with Crippen LogP contribution < -0.4 is 4.74 Å². The lowest BCUT2D eigenvalue weighted by atomic mass is 10.2. The smallest absolute Gasteiger partial charge is 0.399 e. The average Bonchev–Trinajstić information content (AvgIpc) is 2.09. The minimum atomic E-state index is 0.299. The van der Waals surface area contributed by atoms with Gasteiger partial charge in [-0.05, 0) is 12.5 Å². The van der Waals surface area contributed by atoms with Gasteiger partial charge in [-0.3, -0.25) is 0 Å². The summed E-state index contributed by atoms with van der Waals surface area (Å²) in [5.41, 5.74) is 0.829. The van der Waals surface area contributed by atoms with E-state index in [0.29, 0.717) is 12.3 Å². The van der Waals surface area contributed by atoms with Gasteiger partial charge in [-0.2, -0.15) is 0 Å². The highest BCUT2D eigenvalue weighted by atomic mass is 16.5. The van der Waals surface area contributed by atoms with Crippen molar-refractivity contribution >= 4 is 6.47 Å². The van der Waals surface area contributed by atoms with E-state index in [1.807, 2.05) is 6.07 Å². The lowest BCUT2D eigenvalue weighted by Gasteiger charge is -2.00. The highest BCUT2D eigenvalue weighted by molar-refractivity contribution is 5.46. The van der Waals surface area contributed by atoms with E-state index in [4.69, 9.17) is 0 Å².